The zero-order valence-electron chi connectivity index (χ0n) is 12.3. The molecule has 0 aromatic rings. The Bertz CT molecular complexity index is 286. The second-order valence-corrected chi connectivity index (χ2v) is 5.57. The van der Waals surface area contributed by atoms with Crippen molar-refractivity contribution in [1.82, 2.24) is 10.6 Å². The van der Waals surface area contributed by atoms with E-state index < -0.39 is 0 Å². The fourth-order valence-electron chi connectivity index (χ4n) is 2.78. The smallest absolute Gasteiger partial charge is 0.242 e. The lowest BCUT2D eigenvalue weighted by molar-refractivity contribution is -0.129. The van der Waals surface area contributed by atoms with Crippen LogP contribution < -0.4 is 10.6 Å². The predicted molar refractivity (Wildman–Crippen MR) is 76.7 cm³/mol. The third-order valence-electron chi connectivity index (χ3n) is 3.84. The predicted octanol–water partition coefficient (Wildman–Crippen LogP) is 2.38. The highest BCUT2D eigenvalue weighted by molar-refractivity contribution is 5.87. The van der Waals surface area contributed by atoms with Crippen LogP contribution in [0.3, 0.4) is 0 Å². The molecule has 0 saturated heterocycles. The topological polar surface area (TPSA) is 58.2 Å². The van der Waals surface area contributed by atoms with Gasteiger partial charge in [0.2, 0.25) is 11.8 Å². The number of amides is 2. The van der Waals surface area contributed by atoms with Crippen molar-refractivity contribution < 1.29 is 9.59 Å². The fourth-order valence-corrected chi connectivity index (χ4v) is 2.78. The minimum absolute atomic E-state index is 0.00130. The van der Waals surface area contributed by atoms with Gasteiger partial charge in [0.1, 0.15) is 6.04 Å². The summed E-state index contributed by atoms with van der Waals surface area (Å²) in [6.07, 6.45) is 9.04. The molecule has 2 amide bonds. The molecule has 1 unspecified atom stereocenters. The van der Waals surface area contributed by atoms with E-state index in [0.717, 1.165) is 32.2 Å². The molecule has 1 aliphatic rings. The normalized spacial score (nSPS) is 17.2. The van der Waals surface area contributed by atoms with Gasteiger partial charge in [-0.25, -0.2) is 0 Å². The van der Waals surface area contributed by atoms with Gasteiger partial charge in [0, 0.05) is 13.5 Å². The molecule has 0 aliphatic heterocycles. The van der Waals surface area contributed by atoms with E-state index in [1.165, 1.54) is 32.6 Å². The van der Waals surface area contributed by atoms with E-state index in [0.29, 0.717) is 5.92 Å². The van der Waals surface area contributed by atoms with E-state index in [1.54, 1.807) is 0 Å². The highest BCUT2D eigenvalue weighted by Crippen LogP contribution is 2.27. The van der Waals surface area contributed by atoms with Crippen molar-refractivity contribution in [3.63, 3.8) is 0 Å². The van der Waals surface area contributed by atoms with Crippen molar-refractivity contribution in [3.05, 3.63) is 0 Å². The van der Waals surface area contributed by atoms with E-state index in [1.807, 2.05) is 0 Å². The van der Waals surface area contributed by atoms with Crippen LogP contribution >= 0.6 is 0 Å². The number of nitrogens with one attached hydrogen (secondary N) is 2. The van der Waals surface area contributed by atoms with Crippen LogP contribution in [0.2, 0.25) is 0 Å². The summed E-state index contributed by atoms with van der Waals surface area (Å²) in [4.78, 5) is 23.4. The number of rotatable bonds is 8. The Kier molecular flexibility index (Phi) is 7.53. The fraction of sp³-hybridized carbons (Fsp3) is 0.867. The summed E-state index contributed by atoms with van der Waals surface area (Å²) >= 11 is 0. The number of carbonyl (C=O) groups excluding carboxylic acids is 2. The van der Waals surface area contributed by atoms with Crippen LogP contribution in [0.5, 0.6) is 0 Å². The summed E-state index contributed by atoms with van der Waals surface area (Å²) in [5, 5.41) is 5.79. The number of hydrogen-bond donors (Lipinski definition) is 2. The highest BCUT2D eigenvalue weighted by Gasteiger charge is 2.30. The van der Waals surface area contributed by atoms with Crippen LogP contribution in [0, 0.1) is 5.92 Å². The van der Waals surface area contributed by atoms with Gasteiger partial charge < -0.3 is 10.6 Å². The molecule has 4 nitrogen and oxygen atoms in total. The van der Waals surface area contributed by atoms with Crippen LogP contribution in [-0.2, 0) is 9.59 Å². The SMILES string of the molecule is CCCCCCNC(=O)C(NC(C)=O)C1CCCC1. The van der Waals surface area contributed by atoms with Gasteiger partial charge in [-0.2, -0.15) is 0 Å². The maximum Gasteiger partial charge on any atom is 0.242 e. The summed E-state index contributed by atoms with van der Waals surface area (Å²) in [6, 6.07) is -0.328. The first-order valence-electron chi connectivity index (χ1n) is 7.70. The van der Waals surface area contributed by atoms with Crippen molar-refractivity contribution in [2.45, 2.75) is 71.3 Å². The zero-order valence-corrected chi connectivity index (χ0v) is 12.3. The van der Waals surface area contributed by atoms with Crippen LogP contribution in [0.15, 0.2) is 0 Å². The van der Waals surface area contributed by atoms with Crippen molar-refractivity contribution in [2.24, 2.45) is 5.92 Å². The Morgan fingerprint density at radius 2 is 1.84 bits per heavy atom. The summed E-state index contributed by atoms with van der Waals surface area (Å²) in [5.41, 5.74) is 0. The molecule has 0 radical (unpaired) electrons. The molecule has 1 rings (SSSR count). The Labute approximate surface area is 116 Å². The molecular formula is C15H28N2O2. The summed E-state index contributed by atoms with van der Waals surface area (Å²) in [6.45, 7) is 4.38. The Hall–Kier alpha value is -1.06. The average Bonchev–Trinajstić information content (AvgIpc) is 2.89. The van der Waals surface area contributed by atoms with Gasteiger partial charge in [0.05, 0.1) is 0 Å². The van der Waals surface area contributed by atoms with Gasteiger partial charge in [0.25, 0.3) is 0 Å². The zero-order chi connectivity index (χ0) is 14.1. The maximum absolute atomic E-state index is 12.2. The van der Waals surface area contributed by atoms with Gasteiger partial charge in [-0.05, 0) is 25.2 Å². The first-order chi connectivity index (χ1) is 9.15. The van der Waals surface area contributed by atoms with E-state index in [-0.39, 0.29) is 17.9 Å². The van der Waals surface area contributed by atoms with Crippen LogP contribution in [-0.4, -0.2) is 24.4 Å². The quantitative estimate of drug-likeness (QED) is 0.664. The molecule has 1 saturated carbocycles. The molecule has 110 valence electrons. The summed E-state index contributed by atoms with van der Waals surface area (Å²) in [7, 11) is 0. The third-order valence-corrected chi connectivity index (χ3v) is 3.84. The van der Waals surface area contributed by atoms with Crippen LogP contribution in [0.25, 0.3) is 0 Å². The minimum Gasteiger partial charge on any atom is -0.354 e. The highest BCUT2D eigenvalue weighted by atomic mass is 16.2. The molecule has 0 heterocycles. The van der Waals surface area contributed by atoms with Crippen molar-refractivity contribution in [2.75, 3.05) is 6.54 Å². The lowest BCUT2D eigenvalue weighted by Gasteiger charge is -2.23. The lowest BCUT2D eigenvalue weighted by Crippen LogP contribution is -2.50. The summed E-state index contributed by atoms with van der Waals surface area (Å²) < 4.78 is 0. The third kappa shape index (κ3) is 6.08. The molecule has 2 N–H and O–H groups in total. The number of unbranched alkanes of at least 4 members (excludes halogenated alkanes) is 3. The van der Waals surface area contributed by atoms with Crippen molar-refractivity contribution in [3.8, 4) is 0 Å². The molecule has 4 heteroatoms. The van der Waals surface area contributed by atoms with Gasteiger partial charge in [0.15, 0.2) is 0 Å². The van der Waals surface area contributed by atoms with Gasteiger partial charge >= 0.3 is 0 Å². The second-order valence-electron chi connectivity index (χ2n) is 5.57. The Morgan fingerprint density at radius 1 is 1.16 bits per heavy atom. The van der Waals surface area contributed by atoms with Gasteiger partial charge in [-0.1, -0.05) is 39.0 Å². The molecule has 19 heavy (non-hydrogen) atoms. The van der Waals surface area contributed by atoms with E-state index in [4.69, 9.17) is 0 Å². The summed E-state index contributed by atoms with van der Waals surface area (Å²) in [5.74, 6) is 0.205. The first-order valence-corrected chi connectivity index (χ1v) is 7.70. The van der Waals surface area contributed by atoms with E-state index >= 15 is 0 Å². The maximum atomic E-state index is 12.2. The molecule has 1 fully saturated rings. The van der Waals surface area contributed by atoms with E-state index in [9.17, 15) is 9.59 Å². The number of carbonyl (C=O) groups is 2. The molecule has 0 bridgehead atoms. The molecular weight excluding hydrogens is 240 g/mol. The standard InChI is InChI=1S/C15H28N2O2/c1-3-4-5-8-11-16-15(19)14(17-12(2)18)13-9-6-7-10-13/h13-14H,3-11H2,1-2H3,(H,16,19)(H,17,18). The van der Waals surface area contributed by atoms with Gasteiger partial charge in [-0.3, -0.25) is 9.59 Å². The Morgan fingerprint density at radius 3 is 2.42 bits per heavy atom. The first kappa shape index (κ1) is 16.0. The molecule has 1 aliphatic carbocycles. The Balaban J connectivity index is 2.35. The molecule has 1 atom stereocenters. The minimum atomic E-state index is -0.328. The largest absolute Gasteiger partial charge is 0.354 e. The average molecular weight is 268 g/mol. The molecule has 0 spiro atoms. The van der Waals surface area contributed by atoms with E-state index in [2.05, 4.69) is 17.6 Å². The van der Waals surface area contributed by atoms with Gasteiger partial charge in [-0.15, -0.1) is 0 Å². The van der Waals surface area contributed by atoms with Crippen LogP contribution in [0.4, 0.5) is 0 Å². The van der Waals surface area contributed by atoms with Crippen molar-refractivity contribution in [1.29, 1.82) is 0 Å². The van der Waals surface area contributed by atoms with Crippen molar-refractivity contribution >= 4 is 11.8 Å². The lowest BCUT2D eigenvalue weighted by atomic mass is 9.97. The molecule has 0 aromatic heterocycles. The van der Waals surface area contributed by atoms with Crippen LogP contribution in [0.1, 0.15) is 65.2 Å². The number of hydrogen-bond acceptors (Lipinski definition) is 2. The second kappa shape index (κ2) is 8.94. The molecule has 0 aromatic carbocycles. The monoisotopic (exact) mass is 268 g/mol.